The summed E-state index contributed by atoms with van der Waals surface area (Å²) in [6.45, 7) is 0.814. The Balaban J connectivity index is 1.46. The molecule has 1 heterocycles. The summed E-state index contributed by atoms with van der Waals surface area (Å²) in [6.07, 6.45) is 3.41. The first kappa shape index (κ1) is 24.3. The van der Waals surface area contributed by atoms with E-state index in [-0.39, 0.29) is 0 Å². The average Bonchev–Trinajstić information content (AvgIpc) is 3.22. The number of aromatic nitrogens is 1. The molecular formula is C39H32N+. The molecule has 0 saturated heterocycles. The van der Waals surface area contributed by atoms with Gasteiger partial charge < -0.3 is 0 Å². The van der Waals surface area contributed by atoms with Gasteiger partial charge in [0.25, 0.3) is 0 Å². The summed E-state index contributed by atoms with van der Waals surface area (Å²) >= 11 is 0. The van der Waals surface area contributed by atoms with Crippen LogP contribution in [0.15, 0.2) is 146 Å². The SMILES string of the molecule is c1ccc(-c2cc(-c3ccccc3)[n+](Cc3cccc4c3CCCc3ccccc3-4)c(-c3ccccc3)c2)cc1. The van der Waals surface area contributed by atoms with Crippen molar-refractivity contribution < 1.29 is 4.57 Å². The van der Waals surface area contributed by atoms with Crippen LogP contribution in [-0.4, -0.2) is 0 Å². The summed E-state index contributed by atoms with van der Waals surface area (Å²) in [4.78, 5) is 0. The highest BCUT2D eigenvalue weighted by molar-refractivity contribution is 5.75. The van der Waals surface area contributed by atoms with Gasteiger partial charge in [0, 0.05) is 28.8 Å². The van der Waals surface area contributed by atoms with E-state index in [1.807, 2.05) is 0 Å². The van der Waals surface area contributed by atoms with Crippen molar-refractivity contribution in [1.29, 1.82) is 0 Å². The summed E-state index contributed by atoms with van der Waals surface area (Å²) in [6, 6.07) is 53.0. The molecule has 7 rings (SSSR count). The summed E-state index contributed by atoms with van der Waals surface area (Å²) in [5.74, 6) is 0. The van der Waals surface area contributed by atoms with Crippen molar-refractivity contribution in [1.82, 2.24) is 0 Å². The normalized spacial score (nSPS) is 12.3. The zero-order chi connectivity index (χ0) is 26.7. The van der Waals surface area contributed by atoms with E-state index in [0.717, 1.165) is 19.4 Å². The van der Waals surface area contributed by atoms with Crippen LogP contribution >= 0.6 is 0 Å². The van der Waals surface area contributed by atoms with Crippen LogP contribution < -0.4 is 4.57 Å². The van der Waals surface area contributed by atoms with E-state index in [1.54, 1.807) is 0 Å². The van der Waals surface area contributed by atoms with Crippen LogP contribution in [0.25, 0.3) is 44.8 Å². The molecule has 0 atom stereocenters. The van der Waals surface area contributed by atoms with Crippen LogP contribution in [0.3, 0.4) is 0 Å². The van der Waals surface area contributed by atoms with Gasteiger partial charge in [0.05, 0.1) is 0 Å². The summed E-state index contributed by atoms with van der Waals surface area (Å²) in [5, 5.41) is 0. The molecule has 0 amide bonds. The maximum Gasteiger partial charge on any atom is 0.213 e. The molecule has 0 unspecified atom stereocenters. The molecule has 1 aliphatic rings. The van der Waals surface area contributed by atoms with E-state index in [4.69, 9.17) is 0 Å². The van der Waals surface area contributed by atoms with Crippen LogP contribution in [0.4, 0.5) is 0 Å². The van der Waals surface area contributed by atoms with Gasteiger partial charge in [-0.2, -0.15) is 4.57 Å². The fourth-order valence-electron chi connectivity index (χ4n) is 6.24. The average molecular weight is 515 g/mol. The Bertz CT molecular complexity index is 1710. The largest absolute Gasteiger partial charge is 0.213 e. The van der Waals surface area contributed by atoms with E-state index in [2.05, 4.69) is 150 Å². The Morgan fingerprint density at radius 3 is 1.65 bits per heavy atom. The molecule has 1 aliphatic carbocycles. The van der Waals surface area contributed by atoms with Gasteiger partial charge in [-0.25, -0.2) is 0 Å². The highest BCUT2D eigenvalue weighted by Gasteiger charge is 2.25. The van der Waals surface area contributed by atoms with Crippen molar-refractivity contribution in [2.45, 2.75) is 25.8 Å². The number of nitrogens with zero attached hydrogens (tertiary/aromatic N) is 1. The second kappa shape index (κ2) is 10.8. The maximum atomic E-state index is 2.53. The van der Waals surface area contributed by atoms with Crippen LogP contribution in [-0.2, 0) is 19.4 Å². The third kappa shape index (κ3) is 4.65. The Morgan fingerprint density at radius 2 is 1.00 bits per heavy atom. The monoisotopic (exact) mass is 514 g/mol. The van der Waals surface area contributed by atoms with Crippen LogP contribution in [0, 0.1) is 0 Å². The topological polar surface area (TPSA) is 3.88 Å². The molecule has 1 nitrogen and oxygen atoms in total. The second-order valence-corrected chi connectivity index (χ2v) is 10.7. The molecule has 0 spiro atoms. The van der Waals surface area contributed by atoms with Gasteiger partial charge in [0.15, 0.2) is 6.54 Å². The van der Waals surface area contributed by atoms with Crippen molar-refractivity contribution in [2.75, 3.05) is 0 Å². The number of hydrogen-bond donors (Lipinski definition) is 0. The van der Waals surface area contributed by atoms with Crippen molar-refractivity contribution in [3.8, 4) is 44.8 Å². The predicted molar refractivity (Wildman–Crippen MR) is 166 cm³/mol. The lowest BCUT2D eigenvalue weighted by Crippen LogP contribution is -2.40. The Morgan fingerprint density at radius 1 is 0.450 bits per heavy atom. The van der Waals surface area contributed by atoms with Gasteiger partial charge in [-0.05, 0) is 76.9 Å². The van der Waals surface area contributed by atoms with Crippen molar-refractivity contribution in [3.05, 3.63) is 162 Å². The minimum absolute atomic E-state index is 0.814. The minimum Gasteiger partial charge on any atom is -0.187 e. The molecular weight excluding hydrogens is 482 g/mol. The molecule has 6 aromatic rings. The third-order valence-corrected chi connectivity index (χ3v) is 8.19. The van der Waals surface area contributed by atoms with Gasteiger partial charge in [-0.3, -0.25) is 0 Å². The molecule has 0 fully saturated rings. The minimum atomic E-state index is 0.814. The second-order valence-electron chi connectivity index (χ2n) is 10.7. The Hall–Kier alpha value is -4.75. The molecule has 0 N–H and O–H groups in total. The van der Waals surface area contributed by atoms with E-state index < -0.39 is 0 Å². The molecule has 0 aliphatic heterocycles. The fourth-order valence-corrected chi connectivity index (χ4v) is 6.24. The highest BCUT2D eigenvalue weighted by Crippen LogP contribution is 2.35. The lowest BCUT2D eigenvalue weighted by Gasteiger charge is -2.16. The van der Waals surface area contributed by atoms with Gasteiger partial charge in [0.2, 0.25) is 11.4 Å². The molecule has 0 radical (unpaired) electrons. The van der Waals surface area contributed by atoms with E-state index >= 15 is 0 Å². The summed E-state index contributed by atoms with van der Waals surface area (Å²) in [7, 11) is 0. The fraction of sp³-hybridized carbons (Fsp3) is 0.103. The first-order chi connectivity index (χ1) is 19.8. The molecule has 1 aromatic heterocycles. The molecule has 0 bridgehead atoms. The van der Waals surface area contributed by atoms with Crippen LogP contribution in [0.1, 0.15) is 23.1 Å². The summed E-state index contributed by atoms with van der Waals surface area (Å²) in [5.41, 5.74) is 14.5. The number of fused-ring (bicyclic) bond motifs is 3. The lowest BCUT2D eigenvalue weighted by molar-refractivity contribution is -0.666. The van der Waals surface area contributed by atoms with Gasteiger partial charge in [-0.15, -0.1) is 0 Å². The van der Waals surface area contributed by atoms with Crippen molar-refractivity contribution in [2.24, 2.45) is 0 Å². The van der Waals surface area contributed by atoms with E-state index in [9.17, 15) is 0 Å². The molecule has 192 valence electrons. The number of rotatable bonds is 5. The standard InChI is InChI=1S/C39H32N/c1-4-14-29(15-5-1)34-26-38(31-17-6-2-7-18-31)40(39(27-34)32-19-8-3-9-20-32)28-33-22-13-25-37-35-23-11-10-16-30(35)21-12-24-36(33)37/h1-11,13-20,22-23,25-27H,12,21,24,28H2/q+1. The first-order valence-electron chi connectivity index (χ1n) is 14.3. The smallest absolute Gasteiger partial charge is 0.187 e. The molecule has 0 saturated carbocycles. The zero-order valence-electron chi connectivity index (χ0n) is 22.6. The molecule has 5 aromatic carbocycles. The number of benzene rings is 5. The highest BCUT2D eigenvalue weighted by atomic mass is 15.0. The molecule has 1 heteroatoms. The quantitative estimate of drug-likeness (QED) is 0.202. The predicted octanol–water partition coefficient (Wildman–Crippen LogP) is 9.18. The van der Waals surface area contributed by atoms with Gasteiger partial charge in [-0.1, -0.05) is 109 Å². The number of pyridine rings is 1. The van der Waals surface area contributed by atoms with Gasteiger partial charge >= 0.3 is 0 Å². The van der Waals surface area contributed by atoms with Crippen LogP contribution in [0.2, 0.25) is 0 Å². The first-order valence-corrected chi connectivity index (χ1v) is 14.3. The zero-order valence-corrected chi connectivity index (χ0v) is 22.6. The van der Waals surface area contributed by atoms with Crippen molar-refractivity contribution in [3.63, 3.8) is 0 Å². The Kier molecular flexibility index (Phi) is 6.55. The maximum absolute atomic E-state index is 2.53. The van der Waals surface area contributed by atoms with E-state index in [0.29, 0.717) is 0 Å². The van der Waals surface area contributed by atoms with Gasteiger partial charge in [0.1, 0.15) is 0 Å². The molecule has 40 heavy (non-hydrogen) atoms. The number of aryl methyl sites for hydroxylation is 1. The number of hydrogen-bond acceptors (Lipinski definition) is 0. The van der Waals surface area contributed by atoms with Crippen LogP contribution in [0.5, 0.6) is 0 Å². The Labute approximate surface area is 237 Å². The lowest BCUT2D eigenvalue weighted by atomic mass is 9.92. The van der Waals surface area contributed by atoms with Crippen molar-refractivity contribution >= 4 is 0 Å². The third-order valence-electron chi connectivity index (χ3n) is 8.19. The van der Waals surface area contributed by atoms with E-state index in [1.165, 1.54) is 67.9 Å². The summed E-state index contributed by atoms with van der Waals surface area (Å²) < 4.78 is 2.53.